The fraction of sp³-hybridized carbons (Fsp3) is 0.235. The Balaban J connectivity index is 1.89. The molecule has 110 valence electrons. The highest BCUT2D eigenvalue weighted by Gasteiger charge is 2.12. The summed E-state index contributed by atoms with van der Waals surface area (Å²) in [4.78, 5) is 12.0. The van der Waals surface area contributed by atoms with Gasteiger partial charge in [-0.3, -0.25) is 4.79 Å². The fourth-order valence-corrected chi connectivity index (χ4v) is 2.25. The van der Waals surface area contributed by atoms with E-state index < -0.39 is 0 Å². The third-order valence-electron chi connectivity index (χ3n) is 3.19. The molecule has 0 saturated carbocycles. The van der Waals surface area contributed by atoms with Gasteiger partial charge in [-0.2, -0.15) is 0 Å². The normalized spacial score (nSPS) is 11.9. The lowest BCUT2D eigenvalue weighted by Gasteiger charge is -2.16. The van der Waals surface area contributed by atoms with Gasteiger partial charge >= 0.3 is 0 Å². The molecule has 0 fully saturated rings. The van der Waals surface area contributed by atoms with E-state index in [-0.39, 0.29) is 25.0 Å². The van der Waals surface area contributed by atoms with Gasteiger partial charge in [0.1, 0.15) is 0 Å². The number of halogens is 1. The van der Waals surface area contributed by atoms with Crippen molar-refractivity contribution < 1.29 is 9.90 Å². The number of benzene rings is 2. The van der Waals surface area contributed by atoms with Gasteiger partial charge in [-0.25, -0.2) is 0 Å². The largest absolute Gasteiger partial charge is 0.394 e. The van der Waals surface area contributed by atoms with E-state index >= 15 is 0 Å². The van der Waals surface area contributed by atoms with Gasteiger partial charge in [-0.1, -0.05) is 54.1 Å². The number of carbonyl (C=O) groups excluding carboxylic acids is 1. The maximum absolute atomic E-state index is 12.0. The molecule has 0 spiro atoms. The van der Waals surface area contributed by atoms with E-state index in [1.165, 1.54) is 0 Å². The molecule has 0 aliphatic rings. The number of hydrogen-bond donors (Lipinski definition) is 2. The molecule has 0 heterocycles. The molecule has 3 nitrogen and oxygen atoms in total. The van der Waals surface area contributed by atoms with E-state index in [9.17, 15) is 9.90 Å². The minimum Gasteiger partial charge on any atom is -0.394 e. The maximum Gasteiger partial charge on any atom is 0.224 e. The second kappa shape index (κ2) is 7.81. The summed E-state index contributed by atoms with van der Waals surface area (Å²) in [5.41, 5.74) is 1.98. The van der Waals surface area contributed by atoms with Crippen LogP contribution in [0.3, 0.4) is 0 Å². The Bertz CT molecular complexity index is 569. The second-order valence-electron chi connectivity index (χ2n) is 4.94. The third kappa shape index (κ3) is 5.21. The van der Waals surface area contributed by atoms with Crippen LogP contribution in [0, 0.1) is 0 Å². The van der Waals surface area contributed by atoms with Gasteiger partial charge < -0.3 is 10.4 Å². The van der Waals surface area contributed by atoms with Gasteiger partial charge in [-0.15, -0.1) is 0 Å². The first-order chi connectivity index (χ1) is 10.2. The lowest BCUT2D eigenvalue weighted by atomic mass is 10.1. The van der Waals surface area contributed by atoms with E-state index in [0.717, 1.165) is 11.1 Å². The average molecular weight is 304 g/mol. The highest BCUT2D eigenvalue weighted by atomic mass is 35.5. The quantitative estimate of drug-likeness (QED) is 0.862. The summed E-state index contributed by atoms with van der Waals surface area (Å²) < 4.78 is 0. The van der Waals surface area contributed by atoms with Gasteiger partial charge in [0.25, 0.3) is 0 Å². The predicted octanol–water partition coefficient (Wildman–Crippen LogP) is 2.60. The van der Waals surface area contributed by atoms with Gasteiger partial charge in [0.05, 0.1) is 19.1 Å². The Kier molecular flexibility index (Phi) is 5.78. The molecular weight excluding hydrogens is 286 g/mol. The first kappa shape index (κ1) is 15.5. The second-order valence-corrected chi connectivity index (χ2v) is 5.38. The number of carbonyl (C=O) groups is 1. The first-order valence-corrected chi connectivity index (χ1v) is 7.24. The molecule has 2 N–H and O–H groups in total. The van der Waals surface area contributed by atoms with Gasteiger partial charge in [0.15, 0.2) is 0 Å². The van der Waals surface area contributed by atoms with Gasteiger partial charge in [0.2, 0.25) is 5.91 Å². The number of hydrogen-bond acceptors (Lipinski definition) is 2. The number of aliphatic hydroxyl groups is 1. The summed E-state index contributed by atoms with van der Waals surface area (Å²) in [7, 11) is 0. The molecule has 2 aromatic rings. The van der Waals surface area contributed by atoms with Crippen molar-refractivity contribution in [1.82, 2.24) is 5.32 Å². The van der Waals surface area contributed by atoms with Crippen molar-refractivity contribution in [2.24, 2.45) is 0 Å². The van der Waals surface area contributed by atoms with Crippen molar-refractivity contribution >= 4 is 17.5 Å². The fourth-order valence-electron chi connectivity index (χ4n) is 2.13. The van der Waals surface area contributed by atoms with Crippen LogP contribution in [0.2, 0.25) is 5.02 Å². The Morgan fingerprint density at radius 2 is 1.71 bits per heavy atom. The summed E-state index contributed by atoms with van der Waals surface area (Å²) in [5, 5.41) is 12.9. The average Bonchev–Trinajstić information content (AvgIpc) is 2.50. The molecule has 2 rings (SSSR count). The van der Waals surface area contributed by atoms with Crippen molar-refractivity contribution in [2.75, 3.05) is 6.61 Å². The monoisotopic (exact) mass is 303 g/mol. The number of rotatable bonds is 6. The van der Waals surface area contributed by atoms with E-state index in [1.807, 2.05) is 42.5 Å². The highest BCUT2D eigenvalue weighted by molar-refractivity contribution is 6.30. The van der Waals surface area contributed by atoms with Crippen LogP contribution in [0.15, 0.2) is 54.6 Å². The van der Waals surface area contributed by atoms with E-state index in [4.69, 9.17) is 11.6 Å². The van der Waals surface area contributed by atoms with Crippen molar-refractivity contribution in [3.8, 4) is 0 Å². The van der Waals surface area contributed by atoms with Crippen LogP contribution in [-0.2, 0) is 17.6 Å². The maximum atomic E-state index is 12.0. The minimum absolute atomic E-state index is 0.0821. The molecule has 2 aromatic carbocycles. The smallest absolute Gasteiger partial charge is 0.224 e. The van der Waals surface area contributed by atoms with E-state index in [0.29, 0.717) is 11.4 Å². The van der Waals surface area contributed by atoms with Crippen molar-refractivity contribution in [3.63, 3.8) is 0 Å². The zero-order valence-electron chi connectivity index (χ0n) is 11.6. The van der Waals surface area contributed by atoms with Crippen LogP contribution in [0.4, 0.5) is 0 Å². The Morgan fingerprint density at radius 3 is 2.33 bits per heavy atom. The van der Waals surface area contributed by atoms with Crippen LogP contribution in [0.5, 0.6) is 0 Å². The minimum atomic E-state index is -0.271. The molecule has 0 aliphatic carbocycles. The molecule has 21 heavy (non-hydrogen) atoms. The summed E-state index contributed by atoms with van der Waals surface area (Å²) in [6.07, 6.45) is 0.895. The number of nitrogens with one attached hydrogen (secondary N) is 1. The molecule has 4 heteroatoms. The van der Waals surface area contributed by atoms with Crippen LogP contribution in [0.1, 0.15) is 11.1 Å². The summed E-state index contributed by atoms with van der Waals surface area (Å²) in [6.45, 7) is -0.0821. The van der Waals surface area contributed by atoms with Gasteiger partial charge in [0, 0.05) is 5.02 Å². The van der Waals surface area contributed by atoms with Crippen molar-refractivity contribution in [2.45, 2.75) is 18.9 Å². The number of aliphatic hydroxyl groups excluding tert-OH is 1. The molecule has 0 saturated heterocycles. The van der Waals surface area contributed by atoms with E-state index in [2.05, 4.69) is 5.32 Å². The zero-order valence-corrected chi connectivity index (χ0v) is 12.4. The van der Waals surface area contributed by atoms with Crippen LogP contribution in [-0.4, -0.2) is 23.7 Å². The summed E-state index contributed by atoms with van der Waals surface area (Å²) >= 11 is 5.81. The topological polar surface area (TPSA) is 49.3 Å². The Hall–Kier alpha value is -1.84. The van der Waals surface area contributed by atoms with E-state index in [1.54, 1.807) is 12.1 Å². The molecule has 1 atom stereocenters. The van der Waals surface area contributed by atoms with Crippen molar-refractivity contribution in [1.29, 1.82) is 0 Å². The predicted molar refractivity (Wildman–Crippen MR) is 84.3 cm³/mol. The molecule has 0 aliphatic heterocycles. The van der Waals surface area contributed by atoms with Crippen LogP contribution in [0.25, 0.3) is 0 Å². The van der Waals surface area contributed by atoms with Crippen LogP contribution >= 0.6 is 11.6 Å². The Morgan fingerprint density at radius 1 is 1.05 bits per heavy atom. The summed E-state index contributed by atoms with van der Waals surface area (Å²) in [6, 6.07) is 16.7. The molecule has 0 unspecified atom stereocenters. The Labute approximate surface area is 129 Å². The third-order valence-corrected chi connectivity index (χ3v) is 3.44. The molecular formula is C17H18ClNO2. The highest BCUT2D eigenvalue weighted by Crippen LogP contribution is 2.10. The van der Waals surface area contributed by atoms with Crippen LogP contribution < -0.4 is 5.32 Å². The molecule has 0 bridgehead atoms. The standard InChI is InChI=1S/C17H18ClNO2/c18-15-8-6-14(7-9-15)11-17(21)19-16(12-20)10-13-4-2-1-3-5-13/h1-9,16,20H,10-12H2,(H,19,21)/t16-/m1/s1. The lowest BCUT2D eigenvalue weighted by Crippen LogP contribution is -2.39. The molecule has 1 amide bonds. The molecule has 0 aromatic heterocycles. The lowest BCUT2D eigenvalue weighted by molar-refractivity contribution is -0.121. The van der Waals surface area contributed by atoms with Gasteiger partial charge in [-0.05, 0) is 29.7 Å². The SMILES string of the molecule is O=C(Cc1ccc(Cl)cc1)N[C@@H](CO)Cc1ccccc1. The first-order valence-electron chi connectivity index (χ1n) is 6.86. The zero-order chi connectivity index (χ0) is 15.1. The summed E-state index contributed by atoms with van der Waals surface area (Å²) in [5.74, 6) is -0.104. The molecule has 0 radical (unpaired) electrons. The van der Waals surface area contributed by atoms with Crippen molar-refractivity contribution in [3.05, 3.63) is 70.7 Å². The number of amides is 1.